The summed E-state index contributed by atoms with van der Waals surface area (Å²) < 4.78 is 6.52. The number of amides is 4. The molecule has 6 rings (SSSR count). The maximum atomic E-state index is 13.2. The van der Waals surface area contributed by atoms with Crippen LogP contribution in [0.15, 0.2) is 97.1 Å². The normalized spacial score (nSPS) is 17.1. The second kappa shape index (κ2) is 37.3. The first-order valence-corrected chi connectivity index (χ1v) is 32.4. The van der Waals surface area contributed by atoms with Crippen molar-refractivity contribution >= 4 is 117 Å². The van der Waals surface area contributed by atoms with E-state index in [2.05, 4.69) is 21.5 Å². The molecule has 0 spiro atoms. The van der Waals surface area contributed by atoms with E-state index in [1.165, 1.54) is 10.0 Å². The van der Waals surface area contributed by atoms with E-state index in [4.69, 9.17) is 89.9 Å². The van der Waals surface area contributed by atoms with Crippen molar-refractivity contribution in [2.75, 3.05) is 26.3 Å². The molecular weight excluding hydrogens is 1300 g/mol. The summed E-state index contributed by atoms with van der Waals surface area (Å²) in [5.41, 5.74) is 19.3. The second-order valence-electron chi connectivity index (χ2n) is 23.3. The Morgan fingerprint density at radius 3 is 1.33 bits per heavy atom. The molecule has 4 aromatic carbocycles. The molecule has 0 radical (unpaired) electrons. The number of halogens is 6. The maximum absolute atomic E-state index is 13.2. The van der Waals surface area contributed by atoms with Crippen LogP contribution in [-0.4, -0.2) is 137 Å². The number of hydrazine groups is 2. The molecule has 0 bridgehead atoms. The number of nitrogens with zero attached hydrogens (tertiary/aromatic N) is 2. The van der Waals surface area contributed by atoms with E-state index >= 15 is 0 Å². The van der Waals surface area contributed by atoms with Crippen molar-refractivity contribution in [3.8, 4) is 22.3 Å². The Bertz CT molecular complexity index is 3050. The van der Waals surface area contributed by atoms with E-state index in [0.717, 1.165) is 44.5 Å². The molecule has 20 nitrogen and oxygen atoms in total. The van der Waals surface area contributed by atoms with E-state index in [1.807, 2.05) is 125 Å². The van der Waals surface area contributed by atoms with Gasteiger partial charge in [0.1, 0.15) is 43.2 Å². The highest BCUT2D eigenvalue weighted by atomic mass is 35.6. The lowest BCUT2D eigenvalue weighted by atomic mass is 9.88. The van der Waals surface area contributed by atoms with Gasteiger partial charge in [0.2, 0.25) is 19.4 Å². The minimum absolute atomic E-state index is 0.0366. The molecule has 0 aromatic heterocycles. The van der Waals surface area contributed by atoms with Crippen LogP contribution in [-0.2, 0) is 60.7 Å². The summed E-state index contributed by atoms with van der Waals surface area (Å²) in [6.45, 7) is 13.9. The number of Topliss-reactive ketones (excluding diaryl/α,β-unsaturated/α-hetero) is 1. The maximum Gasteiger partial charge on any atom is 0.325 e. The Morgan fingerprint density at radius 2 is 0.967 bits per heavy atom. The Labute approximate surface area is 562 Å². The second-order valence-corrected chi connectivity index (χ2v) is 28.3. The number of ether oxygens (including phenoxy) is 2. The molecule has 4 aromatic rings. The molecule has 26 heteroatoms. The number of carbonyl (C=O) groups excluding carboxylic acids is 7. The fraction of sp³-hybridized carbons (Fsp3) is 0.508. The van der Waals surface area contributed by atoms with Crippen molar-refractivity contribution < 1.29 is 63.1 Å². The highest BCUT2D eigenvalue weighted by Gasteiger charge is 2.36. The van der Waals surface area contributed by atoms with Crippen LogP contribution in [0.3, 0.4) is 0 Å². The van der Waals surface area contributed by atoms with Crippen LogP contribution in [0.1, 0.15) is 135 Å². The smallest absolute Gasteiger partial charge is 0.325 e. The first kappa shape index (κ1) is 77.8. The number of alkyl halides is 6. The molecule has 0 unspecified atom stereocenters. The Hall–Kier alpha value is -5.62. The van der Waals surface area contributed by atoms with Crippen molar-refractivity contribution in [2.24, 2.45) is 23.5 Å². The number of rotatable bonds is 24. The highest BCUT2D eigenvalue weighted by Crippen LogP contribution is 2.29. The predicted octanol–water partition coefficient (Wildman–Crippen LogP) is 9.79. The lowest BCUT2D eigenvalue weighted by Gasteiger charge is -2.34. The molecular formula is C65H85Cl6N7O13. The van der Waals surface area contributed by atoms with E-state index in [1.54, 1.807) is 27.7 Å². The third kappa shape index (κ3) is 27.5. The number of ketones is 1. The summed E-state index contributed by atoms with van der Waals surface area (Å²) in [5.74, 6) is -4.44. The van der Waals surface area contributed by atoms with Crippen molar-refractivity contribution in [1.82, 2.24) is 31.5 Å². The predicted molar refractivity (Wildman–Crippen MR) is 354 cm³/mol. The number of esters is 2. The number of aliphatic hydroxyl groups is 2. The van der Waals surface area contributed by atoms with E-state index in [0.29, 0.717) is 51.6 Å². The van der Waals surface area contributed by atoms with Crippen molar-refractivity contribution in [2.45, 2.75) is 163 Å². The molecule has 0 saturated carbocycles. The van der Waals surface area contributed by atoms with Gasteiger partial charge in [-0.15, -0.1) is 0 Å². The standard InChI is InChI=1S/C33H42Cl3N3O6.C17H18O3.C15H25Cl3N4O4/c1-20(2)28(18-27(41)15-12-23-10-13-24(14-11-23)26-8-5-7-25(17-26)22(4)40)30(42)37-21(3)31(43)39-16-6-9-29(38-39)32(44)45-19-33(34,35)36;1-12(18)15-3-2-4-16(11-15)14-8-5-13(6-9-14)7-10-17(19)20;1-8(2)11(19)12(23)20-9(3)13(24)22-6-4-5-10(21-22)14(25)26-7-15(16,17)18/h5,7-8,10-11,13-14,17,20-22,28-29,38,40H,6,9,12,15-16,18-19H2,1-4H3,(H,37,42);2-6,8-9,11-12,18H,7,10H2,1H3,(H,19,20);8-11,21H,4-7,19H2,1-3H3,(H,20,23)/t21-,22+,28-,29-;12-;9-,10-,11-/m010/s1. The third-order valence-electron chi connectivity index (χ3n) is 14.9. The van der Waals surface area contributed by atoms with Crippen LogP contribution >= 0.6 is 69.6 Å². The van der Waals surface area contributed by atoms with Crippen LogP contribution in [0.25, 0.3) is 22.3 Å². The van der Waals surface area contributed by atoms with Crippen molar-refractivity contribution in [3.63, 3.8) is 0 Å². The molecule has 9 N–H and O–H groups in total. The number of aliphatic carboxylic acids is 1. The summed E-state index contributed by atoms with van der Waals surface area (Å²) in [6, 6.07) is 27.5. The number of nitrogens with one attached hydrogen (secondary N) is 4. The molecule has 2 heterocycles. The average molecular weight is 1390 g/mol. The van der Waals surface area contributed by atoms with Gasteiger partial charge in [0.05, 0.1) is 18.2 Å². The molecule has 4 amide bonds. The van der Waals surface area contributed by atoms with Crippen LogP contribution in [0.2, 0.25) is 0 Å². The molecule has 91 heavy (non-hydrogen) atoms. The van der Waals surface area contributed by atoms with Crippen LogP contribution < -0.4 is 27.2 Å². The van der Waals surface area contributed by atoms with Gasteiger partial charge in [-0.25, -0.2) is 10.9 Å². The molecule has 2 saturated heterocycles. The van der Waals surface area contributed by atoms with Gasteiger partial charge in [0.15, 0.2) is 0 Å². The largest absolute Gasteiger partial charge is 0.481 e. The van der Waals surface area contributed by atoms with Crippen LogP contribution in [0, 0.1) is 17.8 Å². The Kier molecular flexibility index (Phi) is 31.9. The molecule has 2 aliphatic rings. The minimum atomic E-state index is -1.74. The molecule has 8 atom stereocenters. The zero-order valence-electron chi connectivity index (χ0n) is 52.4. The zero-order chi connectivity index (χ0) is 67.9. The lowest BCUT2D eigenvalue weighted by molar-refractivity contribution is -0.154. The number of carboxylic acids is 1. The molecule has 500 valence electrons. The van der Waals surface area contributed by atoms with Gasteiger partial charge < -0.3 is 41.2 Å². The minimum Gasteiger partial charge on any atom is -0.481 e. The number of aryl methyl sites for hydroxylation is 2. The number of carbonyl (C=O) groups is 8. The average Bonchev–Trinajstić information content (AvgIpc) is 1.83. The highest BCUT2D eigenvalue weighted by molar-refractivity contribution is 6.68. The number of hydrogen-bond acceptors (Lipinski definition) is 15. The SMILES string of the molecule is CC(C)[C@H](CC(=O)CCc1ccc(-c2cccc([C@@H](C)O)c2)cc1)C(=O)N[C@@H](C)C(=O)N1CCC[C@@H](C(=O)OCC(Cl)(Cl)Cl)N1.CC(C)[C@H](N)C(=O)N[C@@H](C)C(=O)N1CCC[C@@H](C(=O)OCC(Cl)(Cl)Cl)N1.C[C@@H](O)c1cccc(-c2ccc(CCC(=O)O)cc2)c1. The third-order valence-corrected chi connectivity index (χ3v) is 15.6. The van der Waals surface area contributed by atoms with Gasteiger partial charge in [-0.3, -0.25) is 48.4 Å². The number of carboxylic acid groups (broad SMARTS) is 1. The Balaban J connectivity index is 0.000000323. The van der Waals surface area contributed by atoms with Gasteiger partial charge in [0.25, 0.3) is 11.8 Å². The van der Waals surface area contributed by atoms with Gasteiger partial charge in [-0.05, 0) is 135 Å². The summed E-state index contributed by atoms with van der Waals surface area (Å²) >= 11 is 33.6. The fourth-order valence-corrected chi connectivity index (χ4v) is 9.79. The number of benzene rings is 4. The van der Waals surface area contributed by atoms with Gasteiger partial charge >= 0.3 is 17.9 Å². The van der Waals surface area contributed by atoms with Gasteiger partial charge in [0, 0.05) is 38.3 Å². The first-order chi connectivity index (χ1) is 42.6. The van der Waals surface area contributed by atoms with E-state index in [9.17, 15) is 48.6 Å². The Morgan fingerprint density at radius 1 is 0.571 bits per heavy atom. The summed E-state index contributed by atoms with van der Waals surface area (Å²) in [7, 11) is 0. The zero-order valence-corrected chi connectivity index (χ0v) is 56.9. The van der Waals surface area contributed by atoms with Crippen LogP contribution in [0.4, 0.5) is 0 Å². The van der Waals surface area contributed by atoms with Gasteiger partial charge in [-0.1, -0.05) is 182 Å². The summed E-state index contributed by atoms with van der Waals surface area (Å²) in [6.07, 6.45) is 2.58. The van der Waals surface area contributed by atoms with Crippen molar-refractivity contribution in [3.05, 3.63) is 119 Å². The van der Waals surface area contributed by atoms with Crippen LogP contribution in [0.5, 0.6) is 0 Å². The quantitative estimate of drug-likeness (QED) is 0.0239. The summed E-state index contributed by atoms with van der Waals surface area (Å²) in [5, 5.41) is 36.1. The molecule has 0 aliphatic carbocycles. The van der Waals surface area contributed by atoms with E-state index in [-0.39, 0.29) is 55.3 Å². The fourth-order valence-electron chi connectivity index (χ4n) is 9.46. The molecule has 2 aliphatic heterocycles. The van der Waals surface area contributed by atoms with Crippen molar-refractivity contribution in [1.29, 1.82) is 0 Å². The van der Waals surface area contributed by atoms with E-state index < -0.39 is 92.2 Å². The number of nitrogens with two attached hydrogens (primary N) is 1. The first-order valence-electron chi connectivity index (χ1n) is 30.1. The number of hydrogen-bond donors (Lipinski definition) is 8. The molecule has 2 fully saturated rings. The lowest BCUT2D eigenvalue weighted by Crippen LogP contribution is -2.60. The summed E-state index contributed by atoms with van der Waals surface area (Å²) in [4.78, 5) is 98.7. The monoisotopic (exact) mass is 1380 g/mol. The number of aliphatic hydroxyl groups excluding tert-OH is 2. The van der Waals surface area contributed by atoms with Gasteiger partial charge in [-0.2, -0.15) is 0 Å². The topological polar surface area (TPSA) is 296 Å².